The molecule has 2 N–H and O–H groups in total. The Hall–Kier alpha value is 0.230. The van der Waals surface area contributed by atoms with Crippen molar-refractivity contribution in [1.82, 2.24) is 5.32 Å². The molecule has 1 rings (SSSR count). The highest BCUT2D eigenvalue weighted by atomic mass is 32.2. The second kappa shape index (κ2) is 5.20. The van der Waals surface area contributed by atoms with Crippen LogP contribution < -0.4 is 5.32 Å². The van der Waals surface area contributed by atoms with E-state index in [1.54, 1.807) is 0 Å². The first-order chi connectivity index (χ1) is 6.19. The molecule has 1 saturated heterocycles. The molecule has 2 unspecified atom stereocenters. The molecule has 0 saturated carbocycles. The van der Waals surface area contributed by atoms with Crippen LogP contribution in [0.4, 0.5) is 0 Å². The highest BCUT2D eigenvalue weighted by molar-refractivity contribution is 7.98. The number of hydrogen-bond acceptors (Lipinski definition) is 4. The van der Waals surface area contributed by atoms with Gasteiger partial charge < -0.3 is 15.2 Å². The molecule has 0 aromatic heterocycles. The van der Waals surface area contributed by atoms with E-state index in [4.69, 9.17) is 4.74 Å². The fourth-order valence-electron chi connectivity index (χ4n) is 1.48. The van der Waals surface area contributed by atoms with Crippen molar-refractivity contribution in [3.8, 4) is 0 Å². The van der Waals surface area contributed by atoms with Gasteiger partial charge in [-0.2, -0.15) is 11.8 Å². The summed E-state index contributed by atoms with van der Waals surface area (Å²) < 4.78 is 5.33. The third kappa shape index (κ3) is 3.13. The van der Waals surface area contributed by atoms with E-state index >= 15 is 0 Å². The van der Waals surface area contributed by atoms with Crippen LogP contribution in [0.1, 0.15) is 13.3 Å². The number of aliphatic hydroxyl groups is 1. The molecule has 1 fully saturated rings. The molecule has 0 radical (unpaired) electrons. The van der Waals surface area contributed by atoms with Crippen LogP contribution in [0, 0.1) is 0 Å². The Morgan fingerprint density at radius 2 is 2.46 bits per heavy atom. The van der Waals surface area contributed by atoms with Gasteiger partial charge in [0.1, 0.15) is 5.60 Å². The standard InChI is InChI=1S/C9H19NO2S/c1-8-9(11,3-5-12-8)7-10-4-6-13-2/h8,10-11H,3-7H2,1-2H3. The molecule has 1 heterocycles. The lowest BCUT2D eigenvalue weighted by Crippen LogP contribution is -2.46. The van der Waals surface area contributed by atoms with Crippen LogP contribution in [0.25, 0.3) is 0 Å². The van der Waals surface area contributed by atoms with Crippen molar-refractivity contribution in [2.45, 2.75) is 25.0 Å². The predicted octanol–water partition coefficient (Wildman–Crippen LogP) is 0.479. The summed E-state index contributed by atoms with van der Waals surface area (Å²) in [5.41, 5.74) is -0.640. The molecule has 3 nitrogen and oxygen atoms in total. The lowest BCUT2D eigenvalue weighted by Gasteiger charge is -2.26. The van der Waals surface area contributed by atoms with Gasteiger partial charge in [-0.15, -0.1) is 0 Å². The second-order valence-corrected chi connectivity index (χ2v) is 4.52. The van der Waals surface area contributed by atoms with Crippen molar-refractivity contribution in [1.29, 1.82) is 0 Å². The Kier molecular flexibility index (Phi) is 4.52. The Morgan fingerprint density at radius 3 is 3.00 bits per heavy atom. The molecule has 1 aliphatic rings. The summed E-state index contributed by atoms with van der Waals surface area (Å²) in [6.07, 6.45) is 2.80. The summed E-state index contributed by atoms with van der Waals surface area (Å²) in [6.45, 7) is 4.22. The van der Waals surface area contributed by atoms with Crippen molar-refractivity contribution in [3.63, 3.8) is 0 Å². The molecule has 13 heavy (non-hydrogen) atoms. The average Bonchev–Trinajstić information content (AvgIpc) is 2.42. The molecule has 0 bridgehead atoms. The zero-order valence-electron chi connectivity index (χ0n) is 8.38. The van der Waals surface area contributed by atoms with E-state index < -0.39 is 5.60 Å². The zero-order valence-corrected chi connectivity index (χ0v) is 9.19. The van der Waals surface area contributed by atoms with E-state index in [-0.39, 0.29) is 6.10 Å². The monoisotopic (exact) mass is 205 g/mol. The van der Waals surface area contributed by atoms with Crippen molar-refractivity contribution >= 4 is 11.8 Å². The van der Waals surface area contributed by atoms with Gasteiger partial charge in [-0.25, -0.2) is 0 Å². The van der Waals surface area contributed by atoms with Crippen molar-refractivity contribution < 1.29 is 9.84 Å². The van der Waals surface area contributed by atoms with E-state index in [1.165, 1.54) is 0 Å². The Bertz CT molecular complexity index is 157. The van der Waals surface area contributed by atoms with Crippen LogP contribution in [-0.4, -0.2) is 48.5 Å². The van der Waals surface area contributed by atoms with E-state index in [1.807, 2.05) is 18.7 Å². The number of rotatable bonds is 5. The van der Waals surface area contributed by atoms with Crippen molar-refractivity contribution in [2.75, 3.05) is 31.7 Å². The maximum absolute atomic E-state index is 10.1. The van der Waals surface area contributed by atoms with E-state index in [2.05, 4.69) is 11.6 Å². The minimum absolute atomic E-state index is 0.0331. The van der Waals surface area contributed by atoms with Crippen LogP contribution in [0.15, 0.2) is 0 Å². The fraction of sp³-hybridized carbons (Fsp3) is 1.00. The van der Waals surface area contributed by atoms with Crippen LogP contribution in [-0.2, 0) is 4.74 Å². The van der Waals surface area contributed by atoms with E-state index in [9.17, 15) is 5.11 Å². The highest BCUT2D eigenvalue weighted by Gasteiger charge is 2.38. The van der Waals surface area contributed by atoms with Gasteiger partial charge in [0.25, 0.3) is 0 Å². The first-order valence-electron chi connectivity index (χ1n) is 4.73. The maximum Gasteiger partial charge on any atom is 0.105 e. The molecule has 0 amide bonds. The molecule has 0 aromatic carbocycles. The molecule has 0 aliphatic carbocycles. The third-order valence-electron chi connectivity index (χ3n) is 2.57. The van der Waals surface area contributed by atoms with Crippen molar-refractivity contribution in [3.05, 3.63) is 0 Å². The minimum atomic E-state index is -0.640. The number of ether oxygens (including phenoxy) is 1. The topological polar surface area (TPSA) is 41.5 Å². The Morgan fingerprint density at radius 1 is 1.69 bits per heavy atom. The van der Waals surface area contributed by atoms with Gasteiger partial charge in [-0.1, -0.05) is 0 Å². The molecule has 4 heteroatoms. The summed E-state index contributed by atoms with van der Waals surface area (Å²) in [6, 6.07) is 0. The van der Waals surface area contributed by atoms with Crippen LogP contribution >= 0.6 is 11.8 Å². The van der Waals surface area contributed by atoms with Crippen LogP contribution in [0.2, 0.25) is 0 Å². The van der Waals surface area contributed by atoms with E-state index in [0.29, 0.717) is 13.2 Å². The predicted molar refractivity (Wildman–Crippen MR) is 56.2 cm³/mol. The number of thioether (sulfide) groups is 1. The smallest absolute Gasteiger partial charge is 0.105 e. The average molecular weight is 205 g/mol. The number of hydrogen-bond donors (Lipinski definition) is 2. The number of nitrogens with one attached hydrogen (secondary N) is 1. The van der Waals surface area contributed by atoms with Gasteiger partial charge in [0, 0.05) is 31.9 Å². The normalized spacial score (nSPS) is 33.9. The quantitative estimate of drug-likeness (QED) is 0.641. The molecular weight excluding hydrogens is 186 g/mol. The molecule has 0 spiro atoms. The minimum Gasteiger partial charge on any atom is -0.386 e. The van der Waals surface area contributed by atoms with Crippen LogP contribution in [0.5, 0.6) is 0 Å². The maximum atomic E-state index is 10.1. The third-order valence-corrected chi connectivity index (χ3v) is 3.19. The fourth-order valence-corrected chi connectivity index (χ4v) is 1.83. The lowest BCUT2D eigenvalue weighted by molar-refractivity contribution is -0.0257. The summed E-state index contributed by atoms with van der Waals surface area (Å²) in [5, 5.41) is 13.3. The zero-order chi connectivity index (χ0) is 9.73. The molecular formula is C9H19NO2S. The first kappa shape index (κ1) is 11.3. The molecule has 0 aromatic rings. The van der Waals surface area contributed by atoms with Gasteiger partial charge in [0.2, 0.25) is 0 Å². The first-order valence-corrected chi connectivity index (χ1v) is 6.12. The Labute approximate surface area is 84.2 Å². The summed E-state index contributed by atoms with van der Waals surface area (Å²) >= 11 is 1.81. The highest BCUT2D eigenvalue weighted by Crippen LogP contribution is 2.24. The van der Waals surface area contributed by atoms with E-state index in [0.717, 1.165) is 18.7 Å². The van der Waals surface area contributed by atoms with Gasteiger partial charge in [-0.05, 0) is 13.2 Å². The van der Waals surface area contributed by atoms with Gasteiger partial charge in [-0.3, -0.25) is 0 Å². The van der Waals surface area contributed by atoms with Crippen LogP contribution in [0.3, 0.4) is 0 Å². The molecule has 78 valence electrons. The lowest BCUT2D eigenvalue weighted by atomic mass is 9.97. The molecule has 1 aliphatic heterocycles. The van der Waals surface area contributed by atoms with Gasteiger partial charge in [0.05, 0.1) is 6.10 Å². The second-order valence-electron chi connectivity index (χ2n) is 3.54. The summed E-state index contributed by atoms with van der Waals surface area (Å²) in [4.78, 5) is 0. The summed E-state index contributed by atoms with van der Waals surface area (Å²) in [7, 11) is 0. The van der Waals surface area contributed by atoms with Gasteiger partial charge in [0.15, 0.2) is 0 Å². The largest absolute Gasteiger partial charge is 0.386 e. The SMILES string of the molecule is CSCCNCC1(O)CCOC1C. The van der Waals surface area contributed by atoms with Crippen molar-refractivity contribution in [2.24, 2.45) is 0 Å². The van der Waals surface area contributed by atoms with Gasteiger partial charge >= 0.3 is 0 Å². The Balaban J connectivity index is 2.18. The molecule has 2 atom stereocenters. The summed E-state index contributed by atoms with van der Waals surface area (Å²) in [5.74, 6) is 1.09.